The van der Waals surface area contributed by atoms with Crippen LogP contribution in [0, 0.1) is 5.92 Å². The van der Waals surface area contributed by atoms with Crippen molar-refractivity contribution in [3.63, 3.8) is 0 Å². The number of fused-ring (bicyclic) bond motifs is 2. The summed E-state index contributed by atoms with van der Waals surface area (Å²) in [5, 5.41) is 0. The lowest BCUT2D eigenvalue weighted by molar-refractivity contribution is -0.132. The van der Waals surface area contributed by atoms with Crippen molar-refractivity contribution in [3.05, 3.63) is 0 Å². The Morgan fingerprint density at radius 3 is 3.31 bits per heavy atom. The van der Waals surface area contributed by atoms with E-state index >= 15 is 0 Å². The fourth-order valence-electron chi connectivity index (χ4n) is 2.50. The van der Waals surface area contributed by atoms with Crippen LogP contribution in [-0.2, 0) is 9.53 Å². The molecule has 0 aromatic heterocycles. The number of aliphatic imine (C=N–C) groups is 1. The first kappa shape index (κ1) is 7.35. The van der Waals surface area contributed by atoms with E-state index in [2.05, 4.69) is 4.99 Å². The molecule has 2 aliphatic heterocycles. The molecular weight excluding hydrogens is 168 g/mol. The van der Waals surface area contributed by atoms with E-state index in [9.17, 15) is 4.79 Å². The van der Waals surface area contributed by atoms with Crippen molar-refractivity contribution in [2.45, 2.75) is 25.3 Å². The predicted octanol–water partition coefficient (Wildman–Crippen LogP) is 0.384. The molecule has 1 saturated heterocycles. The largest absolute Gasteiger partial charge is 0.391 e. The normalized spacial score (nSPS) is 36.8. The highest BCUT2D eigenvalue weighted by Gasteiger charge is 2.39. The van der Waals surface area contributed by atoms with Gasteiger partial charge >= 0.3 is 5.97 Å². The van der Waals surface area contributed by atoms with Gasteiger partial charge in [-0.25, -0.2) is 9.79 Å². The molecule has 0 aromatic carbocycles. The van der Waals surface area contributed by atoms with Gasteiger partial charge in [0.2, 0.25) is 0 Å². The van der Waals surface area contributed by atoms with Crippen molar-refractivity contribution in [1.82, 2.24) is 4.90 Å². The second kappa shape index (κ2) is 2.47. The van der Waals surface area contributed by atoms with E-state index in [1.54, 1.807) is 0 Å². The Kier molecular flexibility index (Phi) is 1.39. The summed E-state index contributed by atoms with van der Waals surface area (Å²) >= 11 is 0. The van der Waals surface area contributed by atoms with Crippen LogP contribution in [0.2, 0.25) is 0 Å². The highest BCUT2D eigenvalue weighted by atomic mass is 16.6. The smallest absolute Gasteiger partial charge is 0.333 e. The van der Waals surface area contributed by atoms with E-state index in [0.717, 1.165) is 6.54 Å². The molecule has 2 atom stereocenters. The molecule has 0 spiro atoms. The van der Waals surface area contributed by atoms with Gasteiger partial charge < -0.3 is 9.64 Å². The third-order valence-electron chi connectivity index (χ3n) is 3.15. The van der Waals surface area contributed by atoms with E-state index in [4.69, 9.17) is 4.74 Å². The minimum absolute atomic E-state index is 0.154. The van der Waals surface area contributed by atoms with E-state index in [1.165, 1.54) is 19.3 Å². The topological polar surface area (TPSA) is 41.9 Å². The number of amidine groups is 1. The first-order valence-corrected chi connectivity index (χ1v) is 4.86. The molecule has 4 nitrogen and oxygen atoms in total. The first-order valence-electron chi connectivity index (χ1n) is 4.86. The maximum atomic E-state index is 11.0. The lowest BCUT2D eigenvalue weighted by Crippen LogP contribution is -2.39. The fourth-order valence-corrected chi connectivity index (χ4v) is 2.50. The summed E-state index contributed by atoms with van der Waals surface area (Å²) in [4.78, 5) is 17.4. The van der Waals surface area contributed by atoms with Crippen LogP contribution in [0.5, 0.6) is 0 Å². The van der Waals surface area contributed by atoms with Crippen LogP contribution in [-0.4, -0.2) is 36.0 Å². The zero-order valence-electron chi connectivity index (χ0n) is 7.40. The molecule has 0 aromatic rings. The summed E-state index contributed by atoms with van der Waals surface area (Å²) < 4.78 is 5.01. The monoisotopic (exact) mass is 180 g/mol. The Labute approximate surface area is 76.6 Å². The molecule has 2 fully saturated rings. The van der Waals surface area contributed by atoms with Crippen LogP contribution < -0.4 is 0 Å². The molecule has 0 bridgehead atoms. The third kappa shape index (κ3) is 1.04. The van der Waals surface area contributed by atoms with Crippen molar-refractivity contribution < 1.29 is 9.53 Å². The summed E-state index contributed by atoms with van der Waals surface area (Å²) in [5.74, 6) is 0.511. The van der Waals surface area contributed by atoms with Crippen LogP contribution in [0.1, 0.15) is 19.3 Å². The highest BCUT2D eigenvalue weighted by molar-refractivity contribution is 5.95. The Balaban J connectivity index is 1.89. The number of esters is 1. The molecule has 13 heavy (non-hydrogen) atoms. The fraction of sp³-hybridized carbons (Fsp3) is 0.778. The van der Waals surface area contributed by atoms with Crippen molar-refractivity contribution in [1.29, 1.82) is 0 Å². The van der Waals surface area contributed by atoms with Gasteiger partial charge in [-0.15, -0.1) is 0 Å². The van der Waals surface area contributed by atoms with E-state index in [1.807, 2.05) is 4.90 Å². The van der Waals surface area contributed by atoms with Gasteiger partial charge in [-0.05, 0) is 18.8 Å². The average Bonchev–Trinajstić information content (AvgIpc) is 2.63. The molecule has 0 N–H and O–H groups in total. The zero-order valence-corrected chi connectivity index (χ0v) is 7.40. The summed E-state index contributed by atoms with van der Waals surface area (Å²) in [6.07, 6.45) is 3.69. The summed E-state index contributed by atoms with van der Waals surface area (Å²) in [6, 6.07) is 1.00. The summed E-state index contributed by atoms with van der Waals surface area (Å²) in [7, 11) is 0. The van der Waals surface area contributed by atoms with E-state index in [-0.39, 0.29) is 5.97 Å². The van der Waals surface area contributed by atoms with Crippen molar-refractivity contribution >= 4 is 12.0 Å². The van der Waals surface area contributed by atoms with Gasteiger partial charge in [0, 0.05) is 6.54 Å². The van der Waals surface area contributed by atoms with Gasteiger partial charge in [-0.2, -0.15) is 0 Å². The molecule has 4 heteroatoms. The predicted molar refractivity (Wildman–Crippen MR) is 46.2 cm³/mol. The molecule has 0 amide bonds. The van der Waals surface area contributed by atoms with Gasteiger partial charge in [-0.1, -0.05) is 6.42 Å². The number of ether oxygens (including phenoxy) is 1. The minimum atomic E-state index is -0.154. The molecule has 0 radical (unpaired) electrons. The van der Waals surface area contributed by atoms with Crippen LogP contribution in [0.4, 0.5) is 0 Å². The number of nitrogens with zero attached hydrogens (tertiary/aromatic N) is 2. The van der Waals surface area contributed by atoms with Gasteiger partial charge in [-0.3, -0.25) is 0 Å². The molecule has 2 heterocycles. The number of carbonyl (C=O) groups excluding carboxylic acids is 1. The molecule has 1 saturated carbocycles. The van der Waals surface area contributed by atoms with Crippen molar-refractivity contribution in [2.75, 3.05) is 13.1 Å². The quantitative estimate of drug-likeness (QED) is 0.506. The van der Waals surface area contributed by atoms with Crippen LogP contribution >= 0.6 is 0 Å². The molecule has 3 rings (SSSR count). The lowest BCUT2D eigenvalue weighted by Gasteiger charge is -2.27. The van der Waals surface area contributed by atoms with E-state index in [0.29, 0.717) is 24.5 Å². The standard InChI is InChI=1S/C9H12N2O2/c12-8-5-11-4-6-2-1-3-7(6)10-9(11)13-8/h6-7H,1-5H2/t6-,7-/m1/s1. The van der Waals surface area contributed by atoms with Crippen molar-refractivity contribution in [2.24, 2.45) is 10.9 Å². The van der Waals surface area contributed by atoms with Crippen molar-refractivity contribution in [3.8, 4) is 0 Å². The second-order valence-electron chi connectivity index (χ2n) is 4.02. The Morgan fingerprint density at radius 1 is 1.46 bits per heavy atom. The lowest BCUT2D eigenvalue weighted by atomic mass is 10.0. The summed E-state index contributed by atoms with van der Waals surface area (Å²) in [6.45, 7) is 1.37. The zero-order chi connectivity index (χ0) is 8.84. The van der Waals surface area contributed by atoms with Gasteiger partial charge in [0.15, 0.2) is 0 Å². The Morgan fingerprint density at radius 2 is 2.38 bits per heavy atom. The highest BCUT2D eigenvalue weighted by Crippen LogP contribution is 2.33. The second-order valence-corrected chi connectivity index (χ2v) is 4.02. The Hall–Kier alpha value is -1.06. The van der Waals surface area contributed by atoms with E-state index < -0.39 is 0 Å². The average molecular weight is 180 g/mol. The third-order valence-corrected chi connectivity index (χ3v) is 3.15. The molecular formula is C9H12N2O2. The first-order chi connectivity index (χ1) is 6.33. The minimum Gasteiger partial charge on any atom is -0.391 e. The molecule has 3 aliphatic rings. The molecule has 0 unspecified atom stereocenters. The maximum absolute atomic E-state index is 11.0. The molecule has 70 valence electrons. The summed E-state index contributed by atoms with van der Waals surface area (Å²) in [5.41, 5.74) is 0. The van der Waals surface area contributed by atoms with Gasteiger partial charge in [0.1, 0.15) is 6.54 Å². The number of hydrogen-bond acceptors (Lipinski definition) is 4. The Bertz CT molecular complexity index is 287. The van der Waals surface area contributed by atoms with Gasteiger partial charge in [0.05, 0.1) is 6.04 Å². The number of carbonyl (C=O) groups is 1. The SMILES string of the molecule is O=C1CN2C[C@H]3CCC[C@H]3N=C2O1. The molecule has 1 aliphatic carbocycles. The van der Waals surface area contributed by atoms with Gasteiger partial charge in [0.25, 0.3) is 6.02 Å². The maximum Gasteiger partial charge on any atom is 0.333 e. The van der Waals surface area contributed by atoms with Crippen LogP contribution in [0.3, 0.4) is 0 Å². The van der Waals surface area contributed by atoms with Crippen LogP contribution in [0.15, 0.2) is 4.99 Å². The van der Waals surface area contributed by atoms with Crippen LogP contribution in [0.25, 0.3) is 0 Å². The number of hydrogen-bond donors (Lipinski definition) is 0. The number of rotatable bonds is 0.